The van der Waals surface area contributed by atoms with Gasteiger partial charge >= 0.3 is 0 Å². The van der Waals surface area contributed by atoms with E-state index in [1.165, 1.54) is 16.9 Å². The monoisotopic (exact) mass is 251 g/mol. The molecule has 0 saturated carbocycles. The standard InChI is InChI=1S/C11H9ClN2O3/c12-8-2-1-3-9(6-8)17-7-14-5-4-10(13-14)11(15)16/h1-6H,7H2,(H,15,16)/p-1. The molecule has 0 fully saturated rings. The number of halogens is 1. The summed E-state index contributed by atoms with van der Waals surface area (Å²) in [6, 6.07) is 8.24. The summed E-state index contributed by atoms with van der Waals surface area (Å²) < 4.78 is 6.72. The van der Waals surface area contributed by atoms with E-state index in [1.807, 2.05) is 0 Å². The summed E-state index contributed by atoms with van der Waals surface area (Å²) >= 11 is 5.78. The van der Waals surface area contributed by atoms with E-state index < -0.39 is 5.97 Å². The third-order valence-electron chi connectivity index (χ3n) is 2.01. The highest BCUT2D eigenvalue weighted by atomic mass is 35.5. The molecule has 1 heterocycles. The highest BCUT2D eigenvalue weighted by Crippen LogP contribution is 2.17. The smallest absolute Gasteiger partial charge is 0.180 e. The molecule has 17 heavy (non-hydrogen) atoms. The third kappa shape index (κ3) is 2.98. The molecule has 2 aromatic rings. The average Bonchev–Trinajstić information content (AvgIpc) is 2.75. The van der Waals surface area contributed by atoms with E-state index in [-0.39, 0.29) is 12.4 Å². The lowest BCUT2D eigenvalue weighted by Gasteiger charge is -2.06. The number of carboxylic acids is 1. The molecule has 0 radical (unpaired) electrons. The molecule has 6 heteroatoms. The molecule has 0 spiro atoms. The summed E-state index contributed by atoms with van der Waals surface area (Å²) in [5.74, 6) is -0.727. The zero-order chi connectivity index (χ0) is 12.3. The predicted molar refractivity (Wildman–Crippen MR) is 58.6 cm³/mol. The lowest BCUT2D eigenvalue weighted by Crippen LogP contribution is -2.23. The van der Waals surface area contributed by atoms with Crippen LogP contribution < -0.4 is 9.84 Å². The molecule has 5 nitrogen and oxygen atoms in total. The van der Waals surface area contributed by atoms with Crippen LogP contribution in [0.4, 0.5) is 0 Å². The molecule has 0 amide bonds. The number of carbonyl (C=O) groups is 1. The lowest BCUT2D eigenvalue weighted by molar-refractivity contribution is -0.255. The van der Waals surface area contributed by atoms with Crippen LogP contribution in [0.1, 0.15) is 10.5 Å². The van der Waals surface area contributed by atoms with Crippen LogP contribution in [0, 0.1) is 0 Å². The van der Waals surface area contributed by atoms with Crippen molar-refractivity contribution in [2.24, 2.45) is 0 Å². The second kappa shape index (κ2) is 4.88. The molecule has 0 saturated heterocycles. The number of ether oxygens (including phenoxy) is 1. The molecule has 0 unspecified atom stereocenters. The van der Waals surface area contributed by atoms with E-state index >= 15 is 0 Å². The fraction of sp³-hybridized carbons (Fsp3) is 0.0909. The first-order valence-electron chi connectivity index (χ1n) is 4.78. The van der Waals surface area contributed by atoms with Crippen LogP contribution in [0.3, 0.4) is 0 Å². The Morgan fingerprint density at radius 3 is 2.94 bits per heavy atom. The van der Waals surface area contributed by atoms with E-state index in [1.54, 1.807) is 24.3 Å². The van der Waals surface area contributed by atoms with Gasteiger partial charge in [0.25, 0.3) is 0 Å². The van der Waals surface area contributed by atoms with E-state index in [0.717, 1.165) is 0 Å². The molecule has 0 atom stereocenters. The van der Waals surface area contributed by atoms with Crippen molar-refractivity contribution in [3.8, 4) is 5.75 Å². The zero-order valence-corrected chi connectivity index (χ0v) is 9.42. The fourth-order valence-corrected chi connectivity index (χ4v) is 1.42. The van der Waals surface area contributed by atoms with Crippen molar-refractivity contribution < 1.29 is 14.6 Å². The second-order valence-corrected chi connectivity index (χ2v) is 3.70. The Balaban J connectivity index is 2.00. The summed E-state index contributed by atoms with van der Waals surface area (Å²) in [4.78, 5) is 10.5. The molecular weight excluding hydrogens is 244 g/mol. The van der Waals surface area contributed by atoms with Gasteiger partial charge in [0.05, 0.1) is 5.97 Å². The van der Waals surface area contributed by atoms with Gasteiger partial charge in [0, 0.05) is 11.2 Å². The molecule has 1 aromatic heterocycles. The number of carboxylic acid groups (broad SMARTS) is 1. The van der Waals surface area contributed by atoms with Crippen molar-refractivity contribution >= 4 is 17.6 Å². The molecule has 0 aliphatic rings. The van der Waals surface area contributed by atoms with Crippen molar-refractivity contribution in [3.05, 3.63) is 47.2 Å². The first-order chi connectivity index (χ1) is 8.15. The molecule has 1 aromatic carbocycles. The summed E-state index contributed by atoms with van der Waals surface area (Å²) in [5.41, 5.74) is -0.125. The third-order valence-corrected chi connectivity index (χ3v) is 2.24. The summed E-state index contributed by atoms with van der Waals surface area (Å²) in [6.45, 7) is 0.105. The minimum Gasteiger partial charge on any atom is -0.543 e. The summed E-state index contributed by atoms with van der Waals surface area (Å²) in [6.07, 6.45) is 1.50. The minimum absolute atomic E-state index is 0.105. The molecule has 0 N–H and O–H groups in total. The van der Waals surface area contributed by atoms with Crippen molar-refractivity contribution in [3.63, 3.8) is 0 Å². The van der Waals surface area contributed by atoms with E-state index in [2.05, 4.69) is 5.10 Å². The lowest BCUT2D eigenvalue weighted by atomic mass is 10.3. The van der Waals surface area contributed by atoms with Crippen LogP contribution in [0.25, 0.3) is 0 Å². The van der Waals surface area contributed by atoms with Crippen LogP contribution in [0.2, 0.25) is 5.02 Å². The first-order valence-corrected chi connectivity index (χ1v) is 5.16. The molecule has 2 rings (SSSR count). The summed E-state index contributed by atoms with van der Waals surface area (Å²) in [5, 5.41) is 14.8. The Labute approximate surface area is 102 Å². The topological polar surface area (TPSA) is 67.2 Å². The van der Waals surface area contributed by atoms with Crippen LogP contribution in [-0.4, -0.2) is 15.7 Å². The maximum atomic E-state index is 10.5. The van der Waals surface area contributed by atoms with Gasteiger partial charge in [0.15, 0.2) is 6.73 Å². The van der Waals surface area contributed by atoms with Gasteiger partial charge in [-0.3, -0.25) is 0 Å². The second-order valence-electron chi connectivity index (χ2n) is 3.26. The molecule has 0 aliphatic carbocycles. The Morgan fingerprint density at radius 2 is 2.29 bits per heavy atom. The van der Waals surface area contributed by atoms with Crippen LogP contribution in [0.15, 0.2) is 36.5 Å². The van der Waals surface area contributed by atoms with Gasteiger partial charge in [-0.25, -0.2) is 4.68 Å². The predicted octanol–water partition coefficient (Wildman–Crippen LogP) is 0.936. The Bertz CT molecular complexity index is 539. The van der Waals surface area contributed by atoms with Gasteiger partial charge in [-0.15, -0.1) is 0 Å². The highest BCUT2D eigenvalue weighted by molar-refractivity contribution is 6.30. The van der Waals surface area contributed by atoms with Gasteiger partial charge in [0.1, 0.15) is 11.4 Å². The number of aromatic nitrogens is 2. The maximum absolute atomic E-state index is 10.5. The molecule has 88 valence electrons. The Morgan fingerprint density at radius 1 is 1.47 bits per heavy atom. The number of aromatic carboxylic acids is 1. The SMILES string of the molecule is O=C([O-])c1ccn(COc2cccc(Cl)c2)n1. The van der Waals surface area contributed by atoms with Gasteiger partial charge in [0.2, 0.25) is 0 Å². The number of hydrogen-bond acceptors (Lipinski definition) is 4. The minimum atomic E-state index is -1.31. The van der Waals surface area contributed by atoms with Gasteiger partial charge in [-0.05, 0) is 24.3 Å². The van der Waals surface area contributed by atoms with E-state index in [9.17, 15) is 9.90 Å². The van der Waals surface area contributed by atoms with Crippen molar-refractivity contribution in [1.29, 1.82) is 0 Å². The molecular formula is C11H8ClN2O3-. The first kappa shape index (κ1) is 11.5. The molecule has 0 bridgehead atoms. The van der Waals surface area contributed by atoms with Crippen molar-refractivity contribution in [1.82, 2.24) is 9.78 Å². The van der Waals surface area contributed by atoms with Crippen LogP contribution in [0.5, 0.6) is 5.75 Å². The van der Waals surface area contributed by atoms with Crippen LogP contribution >= 0.6 is 11.6 Å². The van der Waals surface area contributed by atoms with Gasteiger partial charge < -0.3 is 14.6 Å². The number of rotatable bonds is 4. The quantitative estimate of drug-likeness (QED) is 0.811. The fourth-order valence-electron chi connectivity index (χ4n) is 1.24. The number of benzene rings is 1. The van der Waals surface area contributed by atoms with Gasteiger partial charge in [-0.1, -0.05) is 17.7 Å². The largest absolute Gasteiger partial charge is 0.543 e. The molecule has 0 aliphatic heterocycles. The number of nitrogens with zero attached hydrogens (tertiary/aromatic N) is 2. The average molecular weight is 252 g/mol. The van der Waals surface area contributed by atoms with Crippen molar-refractivity contribution in [2.75, 3.05) is 0 Å². The number of carbonyl (C=O) groups excluding carboxylic acids is 1. The summed E-state index contributed by atoms with van der Waals surface area (Å²) in [7, 11) is 0. The Kier molecular flexibility index (Phi) is 3.30. The van der Waals surface area contributed by atoms with E-state index in [0.29, 0.717) is 10.8 Å². The zero-order valence-electron chi connectivity index (χ0n) is 8.67. The normalized spacial score (nSPS) is 10.2. The number of hydrogen-bond donors (Lipinski definition) is 0. The highest BCUT2D eigenvalue weighted by Gasteiger charge is 2.00. The maximum Gasteiger partial charge on any atom is 0.180 e. The van der Waals surface area contributed by atoms with Crippen molar-refractivity contribution in [2.45, 2.75) is 6.73 Å². The van der Waals surface area contributed by atoms with E-state index in [4.69, 9.17) is 16.3 Å². The van der Waals surface area contributed by atoms with Crippen LogP contribution in [-0.2, 0) is 6.73 Å². The Hall–Kier alpha value is -2.01. The van der Waals surface area contributed by atoms with Gasteiger partial charge in [-0.2, -0.15) is 5.10 Å².